The van der Waals surface area contributed by atoms with E-state index >= 15 is 0 Å². The molecular weight excluding hydrogens is 316 g/mol. The Morgan fingerprint density at radius 2 is 2.05 bits per heavy atom. The molecule has 2 heterocycles. The van der Waals surface area contributed by atoms with Crippen LogP contribution in [0.15, 0.2) is 47.2 Å². The molecule has 0 saturated carbocycles. The number of pyridine rings is 1. The molecule has 2 aromatic heterocycles. The number of carbonyl (C=O) groups excluding carboxylic acids is 1. The molecule has 0 amide bonds. The molecule has 3 aromatic rings. The Labute approximate surface area is 125 Å². The number of H-pyrrole nitrogens is 1. The van der Waals surface area contributed by atoms with Crippen molar-refractivity contribution in [2.45, 2.75) is 13.3 Å². The molecule has 0 spiro atoms. The molecule has 0 aliphatic rings. The summed E-state index contributed by atoms with van der Waals surface area (Å²) in [6.45, 7) is 2.04. The minimum atomic E-state index is 0.0972. The Hall–Kier alpha value is -1.94. The lowest BCUT2D eigenvalue weighted by Gasteiger charge is -2.01. The average molecular weight is 329 g/mol. The van der Waals surface area contributed by atoms with Gasteiger partial charge in [-0.25, -0.2) is 4.98 Å². The van der Waals surface area contributed by atoms with Crippen LogP contribution in [0.5, 0.6) is 0 Å². The number of benzene rings is 1. The van der Waals surface area contributed by atoms with Gasteiger partial charge in [-0.15, -0.1) is 0 Å². The monoisotopic (exact) mass is 328 g/mol. The summed E-state index contributed by atoms with van der Waals surface area (Å²) in [5.41, 5.74) is 3.65. The van der Waals surface area contributed by atoms with Crippen molar-refractivity contribution < 1.29 is 4.79 Å². The number of Topliss-reactive ketones (excluding diaryl/α,β-unsaturated/α-hetero) is 1. The van der Waals surface area contributed by atoms with Crippen molar-refractivity contribution in [1.29, 1.82) is 0 Å². The van der Waals surface area contributed by atoms with Gasteiger partial charge in [-0.3, -0.25) is 4.79 Å². The maximum atomic E-state index is 12.4. The lowest BCUT2D eigenvalue weighted by molar-refractivity contribution is 0.0994. The van der Waals surface area contributed by atoms with Gasteiger partial charge in [0.1, 0.15) is 5.65 Å². The van der Waals surface area contributed by atoms with Gasteiger partial charge in [-0.05, 0) is 34.5 Å². The number of hydrogen-bond acceptors (Lipinski definition) is 2. The molecule has 0 unspecified atom stereocenters. The van der Waals surface area contributed by atoms with Gasteiger partial charge in [0.05, 0.1) is 0 Å². The molecule has 0 fully saturated rings. The summed E-state index contributed by atoms with van der Waals surface area (Å²) in [4.78, 5) is 19.7. The Morgan fingerprint density at radius 1 is 1.30 bits per heavy atom. The third-order valence-electron chi connectivity index (χ3n) is 3.28. The van der Waals surface area contributed by atoms with E-state index in [4.69, 9.17) is 0 Å². The number of halogens is 1. The van der Waals surface area contributed by atoms with Crippen molar-refractivity contribution in [3.8, 4) is 0 Å². The summed E-state index contributed by atoms with van der Waals surface area (Å²) in [7, 11) is 0. The molecule has 3 nitrogen and oxygen atoms in total. The maximum absolute atomic E-state index is 12.4. The van der Waals surface area contributed by atoms with E-state index in [-0.39, 0.29) is 5.78 Å². The number of aryl methyl sites for hydroxylation is 1. The largest absolute Gasteiger partial charge is 0.345 e. The molecule has 4 heteroatoms. The SMILES string of the molecule is Cc1ccc(CC(=O)c2c[nH]c3ncc(Br)cc23)cc1. The summed E-state index contributed by atoms with van der Waals surface area (Å²) in [6.07, 6.45) is 3.85. The van der Waals surface area contributed by atoms with Crippen molar-refractivity contribution in [3.63, 3.8) is 0 Å². The summed E-state index contributed by atoms with van der Waals surface area (Å²) >= 11 is 3.39. The summed E-state index contributed by atoms with van der Waals surface area (Å²) in [5, 5.41) is 0.858. The highest BCUT2D eigenvalue weighted by Crippen LogP contribution is 2.22. The van der Waals surface area contributed by atoms with Gasteiger partial charge < -0.3 is 4.98 Å². The first-order valence-electron chi connectivity index (χ1n) is 6.35. The third kappa shape index (κ3) is 2.51. The van der Waals surface area contributed by atoms with Crippen LogP contribution < -0.4 is 0 Å². The van der Waals surface area contributed by atoms with Crippen LogP contribution in [0.25, 0.3) is 11.0 Å². The molecule has 0 saturated heterocycles. The Bertz CT molecular complexity index is 775. The molecule has 1 N–H and O–H groups in total. The van der Waals surface area contributed by atoms with Crippen LogP contribution in [-0.4, -0.2) is 15.8 Å². The number of aromatic amines is 1. The van der Waals surface area contributed by atoms with Gasteiger partial charge >= 0.3 is 0 Å². The molecule has 0 bridgehead atoms. The van der Waals surface area contributed by atoms with Crippen LogP contribution in [0.1, 0.15) is 21.5 Å². The highest BCUT2D eigenvalue weighted by molar-refractivity contribution is 9.10. The molecule has 0 aliphatic heterocycles. The Kier molecular flexibility index (Phi) is 3.40. The topological polar surface area (TPSA) is 45.8 Å². The van der Waals surface area contributed by atoms with E-state index < -0.39 is 0 Å². The van der Waals surface area contributed by atoms with E-state index in [9.17, 15) is 4.79 Å². The number of fused-ring (bicyclic) bond motifs is 1. The van der Waals surface area contributed by atoms with E-state index in [2.05, 4.69) is 25.9 Å². The minimum absolute atomic E-state index is 0.0972. The van der Waals surface area contributed by atoms with Crippen molar-refractivity contribution in [2.24, 2.45) is 0 Å². The first-order chi connectivity index (χ1) is 9.63. The van der Waals surface area contributed by atoms with Crippen molar-refractivity contribution in [2.75, 3.05) is 0 Å². The molecular formula is C16H13BrN2O. The maximum Gasteiger partial charge on any atom is 0.169 e. The quantitative estimate of drug-likeness (QED) is 0.737. The predicted molar refractivity (Wildman–Crippen MR) is 83.0 cm³/mol. The van der Waals surface area contributed by atoms with E-state index in [0.717, 1.165) is 21.1 Å². The number of rotatable bonds is 3. The second-order valence-electron chi connectivity index (χ2n) is 4.84. The number of nitrogens with zero attached hydrogens (tertiary/aromatic N) is 1. The normalized spacial score (nSPS) is 10.9. The molecule has 1 aromatic carbocycles. The van der Waals surface area contributed by atoms with Gasteiger partial charge in [0, 0.05) is 34.2 Å². The summed E-state index contributed by atoms with van der Waals surface area (Å²) < 4.78 is 0.869. The van der Waals surface area contributed by atoms with Gasteiger partial charge in [-0.2, -0.15) is 0 Å². The number of hydrogen-bond donors (Lipinski definition) is 1. The molecule has 0 atom stereocenters. The predicted octanol–water partition coefficient (Wildman–Crippen LogP) is 4.06. The second-order valence-corrected chi connectivity index (χ2v) is 5.75. The van der Waals surface area contributed by atoms with E-state index in [1.807, 2.05) is 37.3 Å². The standard InChI is InChI=1S/C16H13BrN2O/c1-10-2-4-11(5-3-10)6-15(20)14-9-19-16-13(14)7-12(17)8-18-16/h2-5,7-9H,6H2,1H3,(H,18,19). The second kappa shape index (κ2) is 5.21. The zero-order chi connectivity index (χ0) is 14.1. The highest BCUT2D eigenvalue weighted by Gasteiger charge is 2.13. The number of aromatic nitrogens is 2. The van der Waals surface area contributed by atoms with Crippen LogP contribution in [0, 0.1) is 6.92 Å². The number of ketones is 1. The van der Waals surface area contributed by atoms with Gasteiger partial charge in [0.15, 0.2) is 5.78 Å². The minimum Gasteiger partial charge on any atom is -0.345 e. The van der Waals surface area contributed by atoms with Gasteiger partial charge in [-0.1, -0.05) is 29.8 Å². The molecule has 20 heavy (non-hydrogen) atoms. The van der Waals surface area contributed by atoms with E-state index in [1.54, 1.807) is 12.4 Å². The van der Waals surface area contributed by atoms with Crippen LogP contribution >= 0.6 is 15.9 Å². The zero-order valence-corrected chi connectivity index (χ0v) is 12.6. The smallest absolute Gasteiger partial charge is 0.169 e. The fraction of sp³-hybridized carbons (Fsp3) is 0.125. The summed E-state index contributed by atoms with van der Waals surface area (Å²) in [5.74, 6) is 0.0972. The molecule has 0 aliphatic carbocycles. The third-order valence-corrected chi connectivity index (χ3v) is 3.72. The van der Waals surface area contributed by atoms with Crippen molar-refractivity contribution in [1.82, 2.24) is 9.97 Å². The van der Waals surface area contributed by atoms with Crippen LogP contribution in [0.3, 0.4) is 0 Å². The van der Waals surface area contributed by atoms with Gasteiger partial charge in [0.2, 0.25) is 0 Å². The molecule has 0 radical (unpaired) electrons. The lowest BCUT2D eigenvalue weighted by Crippen LogP contribution is -2.02. The summed E-state index contributed by atoms with van der Waals surface area (Å²) in [6, 6.07) is 9.96. The van der Waals surface area contributed by atoms with E-state index in [0.29, 0.717) is 12.0 Å². The average Bonchev–Trinajstić information content (AvgIpc) is 2.84. The fourth-order valence-electron chi connectivity index (χ4n) is 2.20. The number of carbonyl (C=O) groups is 1. The van der Waals surface area contributed by atoms with Crippen molar-refractivity contribution >= 4 is 32.7 Å². The van der Waals surface area contributed by atoms with Gasteiger partial charge in [0.25, 0.3) is 0 Å². The highest BCUT2D eigenvalue weighted by atomic mass is 79.9. The zero-order valence-electron chi connectivity index (χ0n) is 11.0. The van der Waals surface area contributed by atoms with Crippen LogP contribution in [0.4, 0.5) is 0 Å². The lowest BCUT2D eigenvalue weighted by atomic mass is 10.0. The fourth-order valence-corrected chi connectivity index (χ4v) is 2.53. The molecule has 100 valence electrons. The number of nitrogens with one attached hydrogen (secondary N) is 1. The Morgan fingerprint density at radius 3 is 2.80 bits per heavy atom. The first kappa shape index (κ1) is 13.1. The van der Waals surface area contributed by atoms with Crippen molar-refractivity contribution in [3.05, 3.63) is 63.9 Å². The van der Waals surface area contributed by atoms with E-state index in [1.165, 1.54) is 5.56 Å². The Balaban J connectivity index is 1.92. The van der Waals surface area contributed by atoms with Crippen LogP contribution in [0.2, 0.25) is 0 Å². The van der Waals surface area contributed by atoms with Crippen LogP contribution in [-0.2, 0) is 6.42 Å². The molecule has 3 rings (SSSR count). The first-order valence-corrected chi connectivity index (χ1v) is 7.14.